The number of aromatic amines is 1. The summed E-state index contributed by atoms with van der Waals surface area (Å²) in [6, 6.07) is 9.56. The van der Waals surface area contributed by atoms with Crippen molar-refractivity contribution in [3.8, 4) is 11.3 Å². The molecule has 2 aromatic rings. The number of hydrogen-bond acceptors (Lipinski definition) is 3. The van der Waals surface area contributed by atoms with Crippen LogP contribution in [0.15, 0.2) is 36.5 Å². The number of carbonyl (C=O) groups is 1. The maximum atomic E-state index is 12.3. The van der Waals surface area contributed by atoms with Gasteiger partial charge in [-0.2, -0.15) is 5.10 Å². The zero-order valence-corrected chi connectivity index (χ0v) is 13.9. The molecule has 5 nitrogen and oxygen atoms in total. The molecular formula is C16H21N3O2S. The van der Waals surface area contributed by atoms with Crippen LogP contribution in [-0.4, -0.2) is 37.4 Å². The first-order valence-electron chi connectivity index (χ1n) is 7.15. The van der Waals surface area contributed by atoms with Gasteiger partial charge in [-0.3, -0.25) is 14.1 Å². The lowest BCUT2D eigenvalue weighted by Gasteiger charge is -2.17. The Morgan fingerprint density at radius 3 is 2.59 bits per heavy atom. The molecule has 0 aliphatic rings. The lowest BCUT2D eigenvalue weighted by Crippen LogP contribution is -2.32. The molecule has 118 valence electrons. The van der Waals surface area contributed by atoms with E-state index < -0.39 is 10.8 Å². The van der Waals surface area contributed by atoms with E-state index in [4.69, 9.17) is 0 Å². The molecule has 1 amide bonds. The van der Waals surface area contributed by atoms with Crippen LogP contribution in [0, 0.1) is 0 Å². The first-order valence-corrected chi connectivity index (χ1v) is 8.47. The number of H-pyrrole nitrogens is 1. The van der Waals surface area contributed by atoms with Crippen LogP contribution in [0.4, 0.5) is 0 Å². The summed E-state index contributed by atoms with van der Waals surface area (Å²) in [5.74, 6) is 0.229. The summed E-state index contributed by atoms with van der Waals surface area (Å²) >= 11 is 0. The van der Waals surface area contributed by atoms with E-state index in [1.807, 2.05) is 51.1 Å². The minimum atomic E-state index is -0.980. The van der Waals surface area contributed by atoms with E-state index in [9.17, 15) is 9.00 Å². The van der Waals surface area contributed by atoms with Crippen LogP contribution in [0.5, 0.6) is 0 Å². The topological polar surface area (TPSA) is 74.8 Å². The van der Waals surface area contributed by atoms with Crippen molar-refractivity contribution in [2.75, 3.05) is 12.3 Å². The van der Waals surface area contributed by atoms with Gasteiger partial charge in [0.2, 0.25) is 0 Å². The summed E-state index contributed by atoms with van der Waals surface area (Å²) in [4.78, 5) is 12.3. The van der Waals surface area contributed by atoms with Gasteiger partial charge < -0.3 is 5.32 Å². The summed E-state index contributed by atoms with van der Waals surface area (Å²) in [5, 5.41) is 9.62. The largest absolute Gasteiger partial charge is 0.351 e. The first-order chi connectivity index (χ1) is 10.4. The molecule has 0 saturated heterocycles. The fraction of sp³-hybridized carbons (Fsp3) is 0.375. The van der Waals surface area contributed by atoms with Gasteiger partial charge in [-0.1, -0.05) is 30.3 Å². The van der Waals surface area contributed by atoms with E-state index in [1.54, 1.807) is 0 Å². The van der Waals surface area contributed by atoms with Gasteiger partial charge in [0.25, 0.3) is 5.91 Å². The summed E-state index contributed by atoms with van der Waals surface area (Å²) in [6.45, 7) is 6.15. The molecule has 0 radical (unpaired) electrons. The Bertz CT molecular complexity index is 660. The van der Waals surface area contributed by atoms with Crippen molar-refractivity contribution >= 4 is 16.7 Å². The zero-order valence-electron chi connectivity index (χ0n) is 13.1. The highest BCUT2D eigenvalue weighted by Crippen LogP contribution is 2.20. The molecule has 1 atom stereocenters. The lowest BCUT2D eigenvalue weighted by atomic mass is 10.1. The van der Waals surface area contributed by atoms with Crippen LogP contribution in [-0.2, 0) is 10.8 Å². The minimum absolute atomic E-state index is 0.210. The Kier molecular flexibility index (Phi) is 5.13. The Labute approximate surface area is 133 Å². The van der Waals surface area contributed by atoms with Crippen LogP contribution in [0.3, 0.4) is 0 Å². The van der Waals surface area contributed by atoms with E-state index in [2.05, 4.69) is 15.5 Å². The zero-order chi connectivity index (χ0) is 16.2. The third kappa shape index (κ3) is 4.04. The monoisotopic (exact) mass is 319 g/mol. The van der Waals surface area contributed by atoms with Gasteiger partial charge in [-0.15, -0.1) is 0 Å². The number of rotatable bonds is 5. The van der Waals surface area contributed by atoms with Gasteiger partial charge in [0, 0.05) is 33.4 Å². The maximum Gasteiger partial charge on any atom is 0.255 e. The Morgan fingerprint density at radius 2 is 1.95 bits per heavy atom. The van der Waals surface area contributed by atoms with Gasteiger partial charge in [-0.25, -0.2) is 0 Å². The number of nitrogens with zero attached hydrogens (tertiary/aromatic N) is 1. The number of amides is 1. The molecule has 1 aromatic carbocycles. The molecule has 2 N–H and O–H groups in total. The predicted octanol–water partition coefficient (Wildman–Crippen LogP) is 2.35. The third-order valence-electron chi connectivity index (χ3n) is 3.20. The molecule has 1 heterocycles. The molecule has 0 saturated carbocycles. The van der Waals surface area contributed by atoms with Crippen molar-refractivity contribution in [3.63, 3.8) is 0 Å². The molecule has 6 heteroatoms. The highest BCUT2D eigenvalue weighted by molar-refractivity contribution is 7.86. The highest BCUT2D eigenvalue weighted by atomic mass is 32.2. The van der Waals surface area contributed by atoms with E-state index in [-0.39, 0.29) is 10.7 Å². The lowest BCUT2D eigenvalue weighted by molar-refractivity contribution is 0.0957. The molecule has 0 bridgehead atoms. The number of aromatic nitrogens is 2. The average Bonchev–Trinajstić information content (AvgIpc) is 2.96. The smallest absolute Gasteiger partial charge is 0.255 e. The summed E-state index contributed by atoms with van der Waals surface area (Å²) < 4.78 is 11.7. The number of benzene rings is 1. The van der Waals surface area contributed by atoms with Crippen molar-refractivity contribution in [2.24, 2.45) is 0 Å². The van der Waals surface area contributed by atoms with Crippen LogP contribution in [0.1, 0.15) is 31.1 Å². The molecule has 0 fully saturated rings. The van der Waals surface area contributed by atoms with Gasteiger partial charge in [0.05, 0.1) is 17.5 Å². The van der Waals surface area contributed by atoms with Crippen LogP contribution >= 0.6 is 0 Å². The van der Waals surface area contributed by atoms with E-state index in [0.717, 1.165) is 5.56 Å². The standard InChI is InChI=1S/C16H21N3O2S/c1-16(2,3)22(21)10-9-17-15(20)13-11-18-19-14(13)12-7-5-4-6-8-12/h4-8,11H,9-10H2,1-3H3,(H,17,20)(H,18,19)/t22-/m0/s1. The molecule has 2 rings (SSSR count). The molecule has 0 aliphatic heterocycles. The Hall–Kier alpha value is -1.95. The van der Waals surface area contributed by atoms with Crippen molar-refractivity contribution in [1.29, 1.82) is 0 Å². The van der Waals surface area contributed by atoms with Gasteiger partial charge in [-0.05, 0) is 20.8 Å². The number of carbonyl (C=O) groups excluding carboxylic acids is 1. The fourth-order valence-electron chi connectivity index (χ4n) is 1.94. The maximum absolute atomic E-state index is 12.3. The van der Waals surface area contributed by atoms with E-state index in [0.29, 0.717) is 23.6 Å². The van der Waals surface area contributed by atoms with Gasteiger partial charge in [0.15, 0.2) is 0 Å². The Morgan fingerprint density at radius 1 is 1.27 bits per heavy atom. The minimum Gasteiger partial charge on any atom is -0.351 e. The quantitative estimate of drug-likeness (QED) is 0.888. The van der Waals surface area contributed by atoms with Crippen LogP contribution < -0.4 is 5.32 Å². The summed E-state index contributed by atoms with van der Waals surface area (Å²) in [7, 11) is -0.980. The third-order valence-corrected chi connectivity index (χ3v) is 5.14. The normalized spacial score (nSPS) is 12.9. The molecule has 0 aliphatic carbocycles. The molecule has 0 spiro atoms. The van der Waals surface area contributed by atoms with Crippen molar-refractivity contribution in [2.45, 2.75) is 25.5 Å². The van der Waals surface area contributed by atoms with E-state index >= 15 is 0 Å². The Balaban J connectivity index is 2.00. The molecule has 0 unspecified atom stereocenters. The fourth-order valence-corrected chi connectivity index (χ4v) is 2.84. The van der Waals surface area contributed by atoms with Crippen molar-refractivity contribution in [3.05, 3.63) is 42.1 Å². The van der Waals surface area contributed by atoms with Crippen molar-refractivity contribution in [1.82, 2.24) is 15.5 Å². The molecule has 1 aromatic heterocycles. The second kappa shape index (κ2) is 6.87. The highest BCUT2D eigenvalue weighted by Gasteiger charge is 2.20. The SMILES string of the molecule is CC(C)(C)[S@@](=O)CCNC(=O)c1cn[nH]c1-c1ccccc1. The van der Waals surface area contributed by atoms with Gasteiger partial charge >= 0.3 is 0 Å². The first kappa shape index (κ1) is 16.4. The summed E-state index contributed by atoms with van der Waals surface area (Å²) in [6.07, 6.45) is 1.51. The average molecular weight is 319 g/mol. The second-order valence-electron chi connectivity index (χ2n) is 5.94. The predicted molar refractivity (Wildman–Crippen MR) is 89.1 cm³/mol. The molecular weight excluding hydrogens is 298 g/mol. The van der Waals surface area contributed by atoms with E-state index in [1.165, 1.54) is 6.20 Å². The van der Waals surface area contributed by atoms with Gasteiger partial charge in [0.1, 0.15) is 0 Å². The second-order valence-corrected chi connectivity index (χ2v) is 8.27. The summed E-state index contributed by atoms with van der Waals surface area (Å²) in [5.41, 5.74) is 2.09. The molecule has 22 heavy (non-hydrogen) atoms. The number of nitrogens with one attached hydrogen (secondary N) is 2. The number of hydrogen-bond donors (Lipinski definition) is 2. The van der Waals surface area contributed by atoms with Crippen molar-refractivity contribution < 1.29 is 9.00 Å². The van der Waals surface area contributed by atoms with Crippen LogP contribution in [0.25, 0.3) is 11.3 Å². The van der Waals surface area contributed by atoms with Crippen LogP contribution in [0.2, 0.25) is 0 Å².